The maximum Gasteiger partial charge on any atom is 0.227 e. The van der Waals surface area contributed by atoms with Crippen molar-refractivity contribution in [2.75, 3.05) is 13.6 Å². The molecule has 0 bridgehead atoms. The van der Waals surface area contributed by atoms with Gasteiger partial charge in [-0.1, -0.05) is 18.2 Å². The Hall–Kier alpha value is -1.42. The lowest BCUT2D eigenvalue weighted by molar-refractivity contribution is -0.136. The van der Waals surface area contributed by atoms with E-state index < -0.39 is 0 Å². The summed E-state index contributed by atoms with van der Waals surface area (Å²) in [5.74, 6) is -0.148. The molecular weight excluding hydrogens is 243 g/mol. The number of nitrogens with one attached hydrogen (secondary N) is 1. The van der Waals surface area contributed by atoms with Gasteiger partial charge in [0.15, 0.2) is 0 Å². The molecule has 1 amide bonds. The summed E-state index contributed by atoms with van der Waals surface area (Å²) in [6, 6.07) is 6.80. The van der Waals surface area contributed by atoms with Gasteiger partial charge in [0.05, 0.1) is 5.92 Å². The molecule has 2 atom stereocenters. The molecule has 0 aromatic heterocycles. The van der Waals surface area contributed by atoms with E-state index >= 15 is 0 Å². The standard InChI is InChI=1S/C15H21FN2O/c1-11-13(7-5-9-17-11)15(19)18(2)10-12-6-3-4-8-14(12)16/h3-4,6,8,11,13,17H,5,7,9-10H2,1-2H3. The molecule has 1 aliphatic rings. The van der Waals surface area contributed by atoms with Crippen molar-refractivity contribution >= 4 is 5.91 Å². The number of halogens is 1. The van der Waals surface area contributed by atoms with Crippen molar-refractivity contribution in [1.82, 2.24) is 10.2 Å². The fourth-order valence-electron chi connectivity index (χ4n) is 2.62. The van der Waals surface area contributed by atoms with Crippen LogP contribution in [0.15, 0.2) is 24.3 Å². The minimum absolute atomic E-state index is 0.00511. The minimum atomic E-state index is -0.253. The largest absolute Gasteiger partial charge is 0.341 e. The number of rotatable bonds is 3. The topological polar surface area (TPSA) is 32.3 Å². The van der Waals surface area contributed by atoms with Crippen LogP contribution in [-0.4, -0.2) is 30.4 Å². The van der Waals surface area contributed by atoms with E-state index in [1.165, 1.54) is 6.07 Å². The highest BCUT2D eigenvalue weighted by Crippen LogP contribution is 2.20. The van der Waals surface area contributed by atoms with Gasteiger partial charge >= 0.3 is 0 Å². The van der Waals surface area contributed by atoms with E-state index in [1.54, 1.807) is 30.1 Å². The third-order valence-electron chi connectivity index (χ3n) is 3.82. The van der Waals surface area contributed by atoms with Crippen molar-refractivity contribution < 1.29 is 9.18 Å². The van der Waals surface area contributed by atoms with Crippen molar-refractivity contribution in [1.29, 1.82) is 0 Å². The van der Waals surface area contributed by atoms with Crippen molar-refractivity contribution in [3.05, 3.63) is 35.6 Å². The second kappa shape index (κ2) is 6.15. The number of carbonyl (C=O) groups is 1. The van der Waals surface area contributed by atoms with Crippen molar-refractivity contribution in [2.45, 2.75) is 32.4 Å². The predicted molar refractivity (Wildman–Crippen MR) is 73.1 cm³/mol. The quantitative estimate of drug-likeness (QED) is 0.907. The fraction of sp³-hybridized carbons (Fsp3) is 0.533. The van der Waals surface area contributed by atoms with Gasteiger partial charge in [0.1, 0.15) is 5.82 Å². The Morgan fingerprint density at radius 3 is 2.89 bits per heavy atom. The number of hydrogen-bond acceptors (Lipinski definition) is 2. The first kappa shape index (κ1) is 14.0. The molecule has 0 aliphatic carbocycles. The van der Waals surface area contributed by atoms with E-state index in [1.807, 2.05) is 6.92 Å². The van der Waals surface area contributed by atoms with Gasteiger partial charge in [0, 0.05) is 25.2 Å². The molecule has 1 aromatic carbocycles. The summed E-state index contributed by atoms with van der Waals surface area (Å²) in [4.78, 5) is 14.0. The van der Waals surface area contributed by atoms with E-state index in [4.69, 9.17) is 0 Å². The lowest BCUT2D eigenvalue weighted by Crippen LogP contribution is -2.47. The van der Waals surface area contributed by atoms with Crippen LogP contribution in [0.2, 0.25) is 0 Å². The zero-order valence-corrected chi connectivity index (χ0v) is 11.5. The molecule has 2 rings (SSSR count). The van der Waals surface area contributed by atoms with Gasteiger partial charge in [-0.05, 0) is 32.4 Å². The predicted octanol–water partition coefficient (Wildman–Crippen LogP) is 2.17. The van der Waals surface area contributed by atoms with Gasteiger partial charge in [-0.3, -0.25) is 4.79 Å². The Labute approximate surface area is 113 Å². The zero-order chi connectivity index (χ0) is 13.8. The van der Waals surface area contributed by atoms with Gasteiger partial charge in [-0.15, -0.1) is 0 Å². The highest BCUT2D eigenvalue weighted by atomic mass is 19.1. The first-order valence-corrected chi connectivity index (χ1v) is 6.81. The number of piperidine rings is 1. The molecule has 1 fully saturated rings. The molecule has 2 unspecified atom stereocenters. The van der Waals surface area contributed by atoms with Crippen LogP contribution >= 0.6 is 0 Å². The third kappa shape index (κ3) is 3.32. The molecule has 1 N–H and O–H groups in total. The van der Waals surface area contributed by atoms with Gasteiger partial charge in [-0.2, -0.15) is 0 Å². The number of hydrogen-bond donors (Lipinski definition) is 1. The molecule has 3 nitrogen and oxygen atoms in total. The first-order valence-electron chi connectivity index (χ1n) is 6.81. The van der Waals surface area contributed by atoms with Gasteiger partial charge < -0.3 is 10.2 Å². The zero-order valence-electron chi connectivity index (χ0n) is 11.5. The maximum atomic E-state index is 13.6. The summed E-state index contributed by atoms with van der Waals surface area (Å²) in [5, 5.41) is 3.32. The molecule has 4 heteroatoms. The summed E-state index contributed by atoms with van der Waals surface area (Å²) in [6.07, 6.45) is 1.93. The van der Waals surface area contributed by atoms with Crippen LogP contribution in [0.3, 0.4) is 0 Å². The minimum Gasteiger partial charge on any atom is -0.341 e. The molecule has 1 aromatic rings. The van der Waals surface area contributed by atoms with E-state index in [-0.39, 0.29) is 23.7 Å². The second-order valence-corrected chi connectivity index (χ2v) is 5.28. The highest BCUT2D eigenvalue weighted by molar-refractivity contribution is 5.79. The Morgan fingerprint density at radius 2 is 2.21 bits per heavy atom. The molecule has 0 saturated carbocycles. The Bertz CT molecular complexity index is 450. The number of amides is 1. The van der Waals surface area contributed by atoms with Crippen LogP contribution in [0.1, 0.15) is 25.3 Å². The summed E-state index contributed by atoms with van der Waals surface area (Å²) in [7, 11) is 1.75. The summed E-state index contributed by atoms with van der Waals surface area (Å²) in [6.45, 7) is 3.34. The van der Waals surface area contributed by atoms with Crippen LogP contribution in [0.4, 0.5) is 4.39 Å². The van der Waals surface area contributed by atoms with E-state index in [0.29, 0.717) is 12.1 Å². The van der Waals surface area contributed by atoms with E-state index in [0.717, 1.165) is 19.4 Å². The lowest BCUT2D eigenvalue weighted by Gasteiger charge is -2.32. The van der Waals surface area contributed by atoms with Crippen LogP contribution in [0, 0.1) is 11.7 Å². The average Bonchev–Trinajstić information content (AvgIpc) is 2.41. The fourth-order valence-corrected chi connectivity index (χ4v) is 2.62. The molecule has 1 heterocycles. The molecule has 1 saturated heterocycles. The molecule has 1 aliphatic heterocycles. The first-order chi connectivity index (χ1) is 9.09. The van der Waals surface area contributed by atoms with Gasteiger partial charge in [0.2, 0.25) is 5.91 Å². The molecule has 104 valence electrons. The van der Waals surface area contributed by atoms with Gasteiger partial charge in [-0.25, -0.2) is 4.39 Å². The molecule has 0 radical (unpaired) electrons. The summed E-state index contributed by atoms with van der Waals surface area (Å²) >= 11 is 0. The van der Waals surface area contributed by atoms with E-state index in [9.17, 15) is 9.18 Å². The third-order valence-corrected chi connectivity index (χ3v) is 3.82. The van der Waals surface area contributed by atoms with Crippen LogP contribution < -0.4 is 5.32 Å². The second-order valence-electron chi connectivity index (χ2n) is 5.28. The molecule has 0 spiro atoms. The van der Waals surface area contributed by atoms with Crippen molar-refractivity contribution in [2.24, 2.45) is 5.92 Å². The summed E-state index contributed by atoms with van der Waals surface area (Å²) < 4.78 is 13.6. The van der Waals surface area contributed by atoms with Crippen molar-refractivity contribution in [3.63, 3.8) is 0 Å². The Kier molecular flexibility index (Phi) is 4.53. The Morgan fingerprint density at radius 1 is 1.47 bits per heavy atom. The number of nitrogens with zero attached hydrogens (tertiary/aromatic N) is 1. The van der Waals surface area contributed by atoms with Crippen LogP contribution in [0.25, 0.3) is 0 Å². The van der Waals surface area contributed by atoms with Crippen LogP contribution in [0.5, 0.6) is 0 Å². The SMILES string of the molecule is CC1NCCCC1C(=O)N(C)Cc1ccccc1F. The van der Waals surface area contributed by atoms with Gasteiger partial charge in [0.25, 0.3) is 0 Å². The van der Waals surface area contributed by atoms with E-state index in [2.05, 4.69) is 5.32 Å². The lowest BCUT2D eigenvalue weighted by atomic mass is 9.90. The number of carbonyl (C=O) groups excluding carboxylic acids is 1. The maximum absolute atomic E-state index is 13.6. The smallest absolute Gasteiger partial charge is 0.227 e. The average molecular weight is 264 g/mol. The highest BCUT2D eigenvalue weighted by Gasteiger charge is 2.29. The number of benzene rings is 1. The molecule has 19 heavy (non-hydrogen) atoms. The Balaban J connectivity index is 2.01. The van der Waals surface area contributed by atoms with Crippen LogP contribution in [-0.2, 0) is 11.3 Å². The van der Waals surface area contributed by atoms with Crippen molar-refractivity contribution in [3.8, 4) is 0 Å². The monoisotopic (exact) mass is 264 g/mol. The normalized spacial score (nSPS) is 23.1. The summed E-state index contributed by atoms with van der Waals surface area (Å²) in [5.41, 5.74) is 0.565. The molecular formula is C15H21FN2O.